The van der Waals surface area contributed by atoms with Crippen molar-refractivity contribution in [1.29, 1.82) is 0 Å². The molecule has 5 nitrogen and oxygen atoms in total. The molecule has 0 aliphatic heterocycles. The topological polar surface area (TPSA) is 60.6 Å². The minimum Gasteiger partial charge on any atom is -0.493 e. The van der Waals surface area contributed by atoms with Crippen molar-refractivity contribution in [3.8, 4) is 17.2 Å². The first-order chi connectivity index (χ1) is 13.5. The summed E-state index contributed by atoms with van der Waals surface area (Å²) in [5.41, 5.74) is 3.77. The average molecular weight is 379 g/mol. The number of aromatic nitrogens is 1. The van der Waals surface area contributed by atoms with E-state index in [0.717, 1.165) is 16.5 Å². The summed E-state index contributed by atoms with van der Waals surface area (Å²) in [6, 6.07) is 9.67. The molecule has 1 aromatic heterocycles. The van der Waals surface area contributed by atoms with Crippen LogP contribution in [0.4, 0.5) is 0 Å². The Morgan fingerprint density at radius 3 is 2.25 bits per heavy atom. The molecule has 0 radical (unpaired) electrons. The van der Waals surface area contributed by atoms with E-state index in [0.29, 0.717) is 28.7 Å². The summed E-state index contributed by atoms with van der Waals surface area (Å²) >= 11 is 0. The number of hydrogen-bond donors (Lipinski definition) is 1. The Balaban J connectivity index is 1.91. The molecule has 28 heavy (non-hydrogen) atoms. The van der Waals surface area contributed by atoms with Gasteiger partial charge in [0.1, 0.15) is 0 Å². The van der Waals surface area contributed by atoms with Crippen molar-refractivity contribution in [2.45, 2.75) is 19.8 Å². The molecule has 0 atom stereocenters. The van der Waals surface area contributed by atoms with E-state index in [1.165, 1.54) is 26.9 Å². The molecule has 0 bridgehead atoms. The van der Waals surface area contributed by atoms with Gasteiger partial charge in [0.15, 0.2) is 17.3 Å². The van der Waals surface area contributed by atoms with Gasteiger partial charge >= 0.3 is 0 Å². The second kappa shape index (κ2) is 8.21. The van der Waals surface area contributed by atoms with E-state index in [9.17, 15) is 4.79 Å². The standard InChI is InChI=1S/C23H25NO4/c1-14(2)15-6-8-18-16(13-24-19(18)10-15)7-9-20(25)17-11-21(26-3)23(28-5)22(12-17)27-4/h6-14,24H,1-5H3. The van der Waals surface area contributed by atoms with Gasteiger partial charge in [0, 0.05) is 22.7 Å². The number of methoxy groups -OCH3 is 3. The van der Waals surface area contributed by atoms with Crippen molar-refractivity contribution in [3.05, 3.63) is 59.3 Å². The number of fused-ring (bicyclic) bond motifs is 1. The SMILES string of the molecule is COc1cc(C(=O)C=Cc2c[nH]c3cc(C(C)C)ccc23)cc(OC)c1OC. The monoisotopic (exact) mass is 379 g/mol. The second-order valence-corrected chi connectivity index (χ2v) is 6.82. The van der Waals surface area contributed by atoms with Gasteiger partial charge in [0.25, 0.3) is 0 Å². The summed E-state index contributed by atoms with van der Waals surface area (Å²) in [4.78, 5) is 16.0. The molecule has 0 aliphatic rings. The predicted molar refractivity (Wildman–Crippen MR) is 112 cm³/mol. The molecule has 0 saturated heterocycles. The van der Waals surface area contributed by atoms with Crippen molar-refractivity contribution in [2.24, 2.45) is 0 Å². The van der Waals surface area contributed by atoms with Crippen LogP contribution in [0, 0.1) is 0 Å². The maximum Gasteiger partial charge on any atom is 0.203 e. The number of rotatable bonds is 7. The first-order valence-corrected chi connectivity index (χ1v) is 9.12. The summed E-state index contributed by atoms with van der Waals surface area (Å²) in [6.07, 6.45) is 5.28. The Kier molecular flexibility index (Phi) is 5.73. The number of H-pyrrole nitrogens is 1. The largest absolute Gasteiger partial charge is 0.493 e. The third kappa shape index (κ3) is 3.74. The zero-order chi connectivity index (χ0) is 20.3. The van der Waals surface area contributed by atoms with E-state index >= 15 is 0 Å². The molecule has 0 aliphatic carbocycles. The normalized spacial score (nSPS) is 11.4. The lowest BCUT2D eigenvalue weighted by atomic mass is 10.0. The molecule has 1 N–H and O–H groups in total. The van der Waals surface area contributed by atoms with Gasteiger partial charge in [0.2, 0.25) is 5.75 Å². The van der Waals surface area contributed by atoms with E-state index in [4.69, 9.17) is 14.2 Å². The molecule has 0 spiro atoms. The lowest BCUT2D eigenvalue weighted by Crippen LogP contribution is -2.00. The van der Waals surface area contributed by atoms with Crippen LogP contribution in [0.15, 0.2) is 42.6 Å². The van der Waals surface area contributed by atoms with Gasteiger partial charge in [-0.1, -0.05) is 26.0 Å². The molecule has 146 valence electrons. The summed E-state index contributed by atoms with van der Waals surface area (Å²) in [7, 11) is 4.58. The summed E-state index contributed by atoms with van der Waals surface area (Å²) in [6.45, 7) is 4.34. The van der Waals surface area contributed by atoms with Gasteiger partial charge in [0.05, 0.1) is 21.3 Å². The zero-order valence-electron chi connectivity index (χ0n) is 16.8. The summed E-state index contributed by atoms with van der Waals surface area (Å²) in [5, 5.41) is 1.08. The Bertz CT molecular complexity index is 1010. The number of ether oxygens (including phenoxy) is 3. The molecule has 3 rings (SSSR count). The van der Waals surface area contributed by atoms with E-state index in [2.05, 4.69) is 37.0 Å². The molecule has 0 saturated carbocycles. The van der Waals surface area contributed by atoms with Crippen LogP contribution in [0.2, 0.25) is 0 Å². The quantitative estimate of drug-likeness (QED) is 0.452. The molecular weight excluding hydrogens is 354 g/mol. The van der Waals surface area contributed by atoms with Crippen LogP contribution in [0.25, 0.3) is 17.0 Å². The molecule has 3 aromatic rings. The van der Waals surface area contributed by atoms with Crippen LogP contribution in [0.3, 0.4) is 0 Å². The minimum atomic E-state index is -0.146. The van der Waals surface area contributed by atoms with Crippen LogP contribution >= 0.6 is 0 Å². The summed E-state index contributed by atoms with van der Waals surface area (Å²) < 4.78 is 15.9. The highest BCUT2D eigenvalue weighted by Gasteiger charge is 2.16. The van der Waals surface area contributed by atoms with Gasteiger partial charge in [-0.2, -0.15) is 0 Å². The van der Waals surface area contributed by atoms with Crippen molar-refractivity contribution in [2.75, 3.05) is 21.3 Å². The van der Waals surface area contributed by atoms with Crippen LogP contribution in [0.5, 0.6) is 17.2 Å². The van der Waals surface area contributed by atoms with Crippen LogP contribution < -0.4 is 14.2 Å². The lowest BCUT2D eigenvalue weighted by molar-refractivity contribution is 0.104. The van der Waals surface area contributed by atoms with Gasteiger partial charge < -0.3 is 19.2 Å². The number of benzene rings is 2. The first kappa shape index (κ1) is 19.5. The number of nitrogens with one attached hydrogen (secondary N) is 1. The Hall–Kier alpha value is -3.21. The third-order valence-corrected chi connectivity index (χ3v) is 4.77. The fraction of sp³-hybridized carbons (Fsp3) is 0.261. The average Bonchev–Trinajstić information content (AvgIpc) is 3.12. The fourth-order valence-electron chi connectivity index (χ4n) is 3.15. The molecule has 5 heteroatoms. The Labute approximate surface area is 164 Å². The van der Waals surface area contributed by atoms with E-state index in [-0.39, 0.29) is 5.78 Å². The molecule has 1 heterocycles. The summed E-state index contributed by atoms with van der Waals surface area (Å²) in [5.74, 6) is 1.68. The maximum atomic E-state index is 12.7. The van der Waals surface area contributed by atoms with E-state index < -0.39 is 0 Å². The van der Waals surface area contributed by atoms with Gasteiger partial charge in [-0.15, -0.1) is 0 Å². The van der Waals surface area contributed by atoms with E-state index in [1.807, 2.05) is 12.3 Å². The Morgan fingerprint density at radius 1 is 1.00 bits per heavy atom. The first-order valence-electron chi connectivity index (χ1n) is 9.12. The molecule has 2 aromatic carbocycles. The highest BCUT2D eigenvalue weighted by molar-refractivity contribution is 6.08. The number of ketones is 1. The number of aromatic amines is 1. The van der Waals surface area contributed by atoms with Gasteiger partial charge in [-0.25, -0.2) is 0 Å². The predicted octanol–water partition coefficient (Wildman–Crippen LogP) is 5.21. The van der Waals surface area contributed by atoms with Crippen LogP contribution in [-0.2, 0) is 0 Å². The van der Waals surface area contributed by atoms with Crippen LogP contribution in [-0.4, -0.2) is 32.1 Å². The molecule has 0 amide bonds. The van der Waals surface area contributed by atoms with Gasteiger partial charge in [-0.3, -0.25) is 4.79 Å². The highest BCUT2D eigenvalue weighted by atomic mass is 16.5. The minimum absolute atomic E-state index is 0.146. The fourth-order valence-corrected chi connectivity index (χ4v) is 3.15. The Morgan fingerprint density at radius 2 is 1.68 bits per heavy atom. The number of carbonyl (C=O) groups is 1. The lowest BCUT2D eigenvalue weighted by Gasteiger charge is -2.13. The maximum absolute atomic E-state index is 12.7. The van der Waals surface area contributed by atoms with E-state index in [1.54, 1.807) is 18.2 Å². The molecule has 0 unspecified atom stereocenters. The molecular formula is C23H25NO4. The third-order valence-electron chi connectivity index (χ3n) is 4.77. The second-order valence-electron chi connectivity index (χ2n) is 6.82. The van der Waals surface area contributed by atoms with Crippen molar-refractivity contribution < 1.29 is 19.0 Å². The van der Waals surface area contributed by atoms with Crippen molar-refractivity contribution in [1.82, 2.24) is 4.98 Å². The van der Waals surface area contributed by atoms with Crippen molar-refractivity contribution >= 4 is 22.8 Å². The highest BCUT2D eigenvalue weighted by Crippen LogP contribution is 2.38. The van der Waals surface area contributed by atoms with Crippen LogP contribution in [0.1, 0.15) is 41.3 Å². The zero-order valence-corrected chi connectivity index (χ0v) is 16.8. The van der Waals surface area contributed by atoms with Crippen molar-refractivity contribution in [3.63, 3.8) is 0 Å². The number of allylic oxidation sites excluding steroid dienone is 1. The van der Waals surface area contributed by atoms with Gasteiger partial charge in [-0.05, 0) is 47.4 Å². The number of hydrogen-bond acceptors (Lipinski definition) is 4. The molecule has 0 fully saturated rings. The smallest absolute Gasteiger partial charge is 0.203 e. The number of carbonyl (C=O) groups excluding carboxylic acids is 1.